The fourth-order valence-electron chi connectivity index (χ4n) is 3.91. The molecule has 0 amide bonds. The zero-order valence-electron chi connectivity index (χ0n) is 19.7. The Kier molecular flexibility index (Phi) is 7.24. The van der Waals surface area contributed by atoms with Gasteiger partial charge >= 0.3 is 12.4 Å². The molecule has 3 heterocycles. The van der Waals surface area contributed by atoms with Crippen molar-refractivity contribution in [3.05, 3.63) is 80.8 Å². The van der Waals surface area contributed by atoms with Crippen molar-refractivity contribution in [2.75, 3.05) is 5.32 Å². The van der Waals surface area contributed by atoms with E-state index >= 15 is 0 Å². The van der Waals surface area contributed by atoms with Crippen LogP contribution in [0.25, 0.3) is 22.0 Å². The summed E-state index contributed by atoms with van der Waals surface area (Å²) >= 11 is 0. The first kappa shape index (κ1) is 26.8. The quantitative estimate of drug-likeness (QED) is 0.326. The van der Waals surface area contributed by atoms with Crippen LogP contribution in [0.4, 0.5) is 32.0 Å². The van der Waals surface area contributed by atoms with Gasteiger partial charge in [-0.2, -0.15) is 36.5 Å². The second kappa shape index (κ2) is 10.3. The predicted octanol–water partition coefficient (Wildman–Crippen LogP) is 4.86. The van der Waals surface area contributed by atoms with Crippen molar-refractivity contribution >= 4 is 16.5 Å². The molecule has 0 aliphatic rings. The molecule has 200 valence electrons. The van der Waals surface area contributed by atoms with Crippen LogP contribution in [0.1, 0.15) is 30.9 Å². The molecule has 0 bridgehead atoms. The normalized spacial score (nSPS) is 13.0. The minimum atomic E-state index is -4.86. The largest absolute Gasteiger partial charge is 0.423 e. The van der Waals surface area contributed by atoms with E-state index in [0.29, 0.717) is 34.9 Å². The van der Waals surface area contributed by atoms with Crippen molar-refractivity contribution in [3.63, 3.8) is 0 Å². The number of aromatic amines is 1. The maximum atomic E-state index is 13.2. The third-order valence-corrected chi connectivity index (χ3v) is 5.79. The molecule has 0 saturated heterocycles. The Morgan fingerprint density at radius 3 is 2.42 bits per heavy atom. The van der Waals surface area contributed by atoms with Crippen LogP contribution in [-0.2, 0) is 18.9 Å². The Morgan fingerprint density at radius 1 is 1.00 bits per heavy atom. The Hall–Kier alpha value is -4.23. The van der Waals surface area contributed by atoms with E-state index in [1.807, 2.05) is 0 Å². The first-order chi connectivity index (χ1) is 17.8. The number of nitrogens with one attached hydrogen (secondary N) is 2. The van der Waals surface area contributed by atoms with Gasteiger partial charge in [-0.3, -0.25) is 14.6 Å². The number of fused-ring (bicyclic) bond motifs is 1. The highest BCUT2D eigenvalue weighted by Gasteiger charge is 2.37. The van der Waals surface area contributed by atoms with E-state index in [1.165, 1.54) is 23.0 Å². The number of halogens is 6. The summed E-state index contributed by atoms with van der Waals surface area (Å²) in [6, 6.07) is 6.40. The number of anilines is 1. The van der Waals surface area contributed by atoms with E-state index in [2.05, 4.69) is 20.5 Å². The number of H-pyrrole nitrogens is 1. The van der Waals surface area contributed by atoms with E-state index in [0.717, 1.165) is 18.5 Å². The Balaban J connectivity index is 1.43. The van der Waals surface area contributed by atoms with Gasteiger partial charge in [-0.15, -0.1) is 0 Å². The summed E-state index contributed by atoms with van der Waals surface area (Å²) in [4.78, 5) is 28.3. The van der Waals surface area contributed by atoms with Crippen molar-refractivity contribution < 1.29 is 26.3 Å². The summed E-state index contributed by atoms with van der Waals surface area (Å²) < 4.78 is 79.2. The van der Waals surface area contributed by atoms with Gasteiger partial charge < -0.3 is 5.32 Å². The molecule has 4 aromatic rings. The molecule has 0 aliphatic heterocycles. The fraction of sp³-hybridized carbons (Fsp3) is 0.292. The third kappa shape index (κ3) is 5.84. The number of nitrogens with zero attached hydrogens (tertiary/aromatic N) is 4. The van der Waals surface area contributed by atoms with Gasteiger partial charge in [0.1, 0.15) is 5.56 Å². The van der Waals surface area contributed by atoms with Crippen LogP contribution < -0.4 is 16.4 Å². The molecular formula is C24H20F6N6O2. The van der Waals surface area contributed by atoms with Crippen molar-refractivity contribution in [1.29, 1.82) is 0 Å². The van der Waals surface area contributed by atoms with Gasteiger partial charge in [0, 0.05) is 29.7 Å². The van der Waals surface area contributed by atoms with Crippen molar-refractivity contribution in [2.45, 2.75) is 44.7 Å². The molecule has 0 aliphatic carbocycles. The Bertz CT molecular complexity index is 1560. The molecular weight excluding hydrogens is 518 g/mol. The molecule has 4 rings (SSSR count). The second-order valence-electron chi connectivity index (χ2n) is 8.58. The number of aryl methyl sites for hydroxylation is 1. The maximum absolute atomic E-state index is 13.2. The number of hydrogen-bond donors (Lipinski definition) is 2. The van der Waals surface area contributed by atoms with Crippen molar-refractivity contribution in [1.82, 2.24) is 25.0 Å². The van der Waals surface area contributed by atoms with Crippen molar-refractivity contribution in [3.8, 4) is 11.3 Å². The molecule has 1 unspecified atom stereocenters. The number of hydrogen-bond acceptors (Lipinski definition) is 6. The molecule has 0 fully saturated rings. The van der Waals surface area contributed by atoms with E-state index in [4.69, 9.17) is 0 Å². The minimum absolute atomic E-state index is 0.183. The van der Waals surface area contributed by atoms with Crippen LogP contribution in [0.5, 0.6) is 0 Å². The van der Waals surface area contributed by atoms with Crippen LogP contribution in [0.3, 0.4) is 0 Å². The summed E-state index contributed by atoms with van der Waals surface area (Å²) in [7, 11) is 0. The lowest BCUT2D eigenvalue weighted by atomic mass is 10.1. The number of alkyl halides is 6. The Morgan fingerprint density at radius 2 is 1.76 bits per heavy atom. The standard InChI is InChI=1S/C24H20F6N6O2/c1-13(34-19-12-32-35-21(37)20(19)24(28,29)30)3-2-8-36-22(38)17-6-4-14(9-15(17)10-33-36)18-7-5-16(11-31-18)23(25,26)27/h4-7,9-13H,2-3,8H2,1H3,(H2,34,35,37). The van der Waals surface area contributed by atoms with Gasteiger partial charge in [0.05, 0.1) is 34.7 Å². The summed E-state index contributed by atoms with van der Waals surface area (Å²) in [6.07, 6.45) is -5.53. The van der Waals surface area contributed by atoms with E-state index in [-0.39, 0.29) is 6.54 Å². The van der Waals surface area contributed by atoms with Crippen molar-refractivity contribution in [2.24, 2.45) is 0 Å². The summed E-state index contributed by atoms with van der Waals surface area (Å²) in [5, 5.41) is 12.8. The first-order valence-electron chi connectivity index (χ1n) is 11.3. The van der Waals surface area contributed by atoms with Gasteiger partial charge in [0.25, 0.3) is 11.1 Å². The zero-order chi connectivity index (χ0) is 27.7. The van der Waals surface area contributed by atoms with Crippen LogP contribution in [0, 0.1) is 0 Å². The first-order valence-corrected chi connectivity index (χ1v) is 11.3. The highest BCUT2D eigenvalue weighted by atomic mass is 19.4. The summed E-state index contributed by atoms with van der Waals surface area (Å²) in [6.45, 7) is 1.82. The topological polar surface area (TPSA) is 106 Å². The number of rotatable bonds is 7. The molecule has 38 heavy (non-hydrogen) atoms. The lowest BCUT2D eigenvalue weighted by molar-refractivity contribution is -0.138. The smallest absolute Gasteiger partial charge is 0.381 e. The predicted molar refractivity (Wildman–Crippen MR) is 126 cm³/mol. The van der Waals surface area contributed by atoms with Crippen LogP contribution in [0.2, 0.25) is 0 Å². The van der Waals surface area contributed by atoms with E-state index in [1.54, 1.807) is 24.2 Å². The molecule has 1 aromatic carbocycles. The van der Waals surface area contributed by atoms with E-state index in [9.17, 15) is 35.9 Å². The molecule has 2 N–H and O–H groups in total. The highest BCUT2D eigenvalue weighted by molar-refractivity contribution is 5.85. The van der Waals surface area contributed by atoms with Gasteiger partial charge in [-0.1, -0.05) is 6.07 Å². The van der Waals surface area contributed by atoms with Gasteiger partial charge in [0.2, 0.25) is 0 Å². The molecule has 8 nitrogen and oxygen atoms in total. The summed E-state index contributed by atoms with van der Waals surface area (Å²) in [5.41, 5.74) is -3.60. The highest BCUT2D eigenvalue weighted by Crippen LogP contribution is 2.32. The number of benzene rings is 1. The lowest BCUT2D eigenvalue weighted by Gasteiger charge is -2.18. The third-order valence-electron chi connectivity index (χ3n) is 5.79. The minimum Gasteiger partial charge on any atom is -0.381 e. The lowest BCUT2D eigenvalue weighted by Crippen LogP contribution is -2.28. The number of pyridine rings is 1. The average Bonchev–Trinajstić information content (AvgIpc) is 2.84. The second-order valence-corrected chi connectivity index (χ2v) is 8.58. The number of aromatic nitrogens is 5. The van der Waals surface area contributed by atoms with Gasteiger partial charge in [-0.05, 0) is 44.0 Å². The SMILES string of the molecule is CC(CCCn1ncc2cc(-c3ccc(C(F)(F)F)cn3)ccc2c1=O)Nc1cn[nH]c(=O)c1C(F)(F)F. The molecule has 0 spiro atoms. The molecule has 0 radical (unpaired) electrons. The van der Waals surface area contributed by atoms with Gasteiger partial charge in [0.15, 0.2) is 0 Å². The van der Waals surface area contributed by atoms with Crippen LogP contribution >= 0.6 is 0 Å². The van der Waals surface area contributed by atoms with Crippen LogP contribution in [0.15, 0.2) is 58.5 Å². The van der Waals surface area contributed by atoms with Gasteiger partial charge in [-0.25, -0.2) is 9.78 Å². The van der Waals surface area contributed by atoms with E-state index < -0.39 is 46.3 Å². The van der Waals surface area contributed by atoms with Crippen LogP contribution in [-0.4, -0.2) is 31.0 Å². The Labute approximate surface area is 210 Å². The molecule has 3 aromatic heterocycles. The average molecular weight is 538 g/mol. The monoisotopic (exact) mass is 538 g/mol. The molecule has 1 atom stereocenters. The maximum Gasteiger partial charge on any atom is 0.423 e. The molecule has 0 saturated carbocycles. The zero-order valence-corrected chi connectivity index (χ0v) is 19.7. The molecule has 14 heteroatoms. The summed E-state index contributed by atoms with van der Waals surface area (Å²) in [5.74, 6) is 0. The fourth-order valence-corrected chi connectivity index (χ4v) is 3.91.